The number of nitrogens with zero attached hydrogens (tertiary/aromatic N) is 1. The predicted octanol–water partition coefficient (Wildman–Crippen LogP) is 5.00. The fourth-order valence-corrected chi connectivity index (χ4v) is 3.54. The van der Waals surface area contributed by atoms with Crippen LogP contribution in [0.2, 0.25) is 0 Å². The summed E-state index contributed by atoms with van der Waals surface area (Å²) in [6, 6.07) is 25.7. The molecular weight excluding hydrogens is 394 g/mol. The van der Waals surface area contributed by atoms with Gasteiger partial charge in [0.05, 0.1) is 16.7 Å². The summed E-state index contributed by atoms with van der Waals surface area (Å²) in [4.78, 5) is 43.8. The predicted molar refractivity (Wildman–Crippen MR) is 113 cm³/mol. The quantitative estimate of drug-likeness (QED) is 0.444. The molecule has 0 unspecified atom stereocenters. The fourth-order valence-electron chi connectivity index (χ4n) is 3.54. The first-order valence-corrected chi connectivity index (χ1v) is 9.57. The van der Waals surface area contributed by atoms with Crippen LogP contribution in [0.15, 0.2) is 91.0 Å². The molecule has 150 valence electrons. The molecule has 1 aliphatic rings. The van der Waals surface area contributed by atoms with E-state index < -0.39 is 17.8 Å². The van der Waals surface area contributed by atoms with Crippen molar-refractivity contribution in [3.8, 4) is 11.5 Å². The SMILES string of the molecule is O=C(ON1C(=O)c2cccc3cccc(c23)C1=O)c1cccc(Oc2ccccc2)c1. The van der Waals surface area contributed by atoms with Crippen LogP contribution < -0.4 is 4.74 Å². The Morgan fingerprint density at radius 2 is 1.29 bits per heavy atom. The molecule has 0 bridgehead atoms. The summed E-state index contributed by atoms with van der Waals surface area (Å²) in [5, 5.41) is 1.85. The normalized spacial score (nSPS) is 12.7. The highest BCUT2D eigenvalue weighted by atomic mass is 16.7. The van der Waals surface area contributed by atoms with Gasteiger partial charge >= 0.3 is 5.97 Å². The molecule has 6 heteroatoms. The first kappa shape index (κ1) is 18.6. The van der Waals surface area contributed by atoms with E-state index in [1.807, 2.05) is 30.3 Å². The average molecular weight is 409 g/mol. The Balaban J connectivity index is 1.42. The maximum atomic E-state index is 12.9. The lowest BCUT2D eigenvalue weighted by Crippen LogP contribution is -2.41. The topological polar surface area (TPSA) is 72.9 Å². The third-order valence-electron chi connectivity index (χ3n) is 4.96. The molecule has 0 aromatic heterocycles. The Morgan fingerprint density at radius 1 is 0.677 bits per heavy atom. The third kappa shape index (κ3) is 3.30. The van der Waals surface area contributed by atoms with Crippen LogP contribution >= 0.6 is 0 Å². The first-order valence-electron chi connectivity index (χ1n) is 9.57. The zero-order valence-electron chi connectivity index (χ0n) is 16.1. The van der Waals surface area contributed by atoms with E-state index in [0.717, 1.165) is 5.39 Å². The van der Waals surface area contributed by atoms with Crippen molar-refractivity contribution in [2.45, 2.75) is 0 Å². The van der Waals surface area contributed by atoms with Gasteiger partial charge < -0.3 is 9.57 Å². The maximum Gasteiger partial charge on any atom is 0.364 e. The number of benzene rings is 4. The van der Waals surface area contributed by atoms with Crippen LogP contribution in [0, 0.1) is 0 Å². The lowest BCUT2D eigenvalue weighted by molar-refractivity contribution is -0.0620. The van der Waals surface area contributed by atoms with E-state index in [9.17, 15) is 14.4 Å². The second-order valence-electron chi connectivity index (χ2n) is 6.94. The molecule has 0 aliphatic carbocycles. The summed E-state index contributed by atoms with van der Waals surface area (Å²) in [5.41, 5.74) is 0.759. The standard InChI is InChI=1S/C25H15NO5/c27-23-20-13-5-7-16-8-6-14-21(22(16)20)24(28)26(23)31-25(29)17-9-4-12-19(15-17)30-18-10-2-1-3-11-18/h1-15H. The number of hydrogen-bond acceptors (Lipinski definition) is 5. The van der Waals surface area contributed by atoms with Gasteiger partial charge in [0.15, 0.2) is 0 Å². The van der Waals surface area contributed by atoms with Crippen LogP contribution in [0.3, 0.4) is 0 Å². The number of hydroxylamine groups is 2. The lowest BCUT2D eigenvalue weighted by Gasteiger charge is -2.25. The van der Waals surface area contributed by atoms with Gasteiger partial charge in [-0.25, -0.2) is 4.79 Å². The number of rotatable bonds is 4. The molecule has 4 aromatic carbocycles. The highest BCUT2D eigenvalue weighted by Crippen LogP contribution is 2.30. The fraction of sp³-hybridized carbons (Fsp3) is 0. The van der Waals surface area contributed by atoms with E-state index >= 15 is 0 Å². The van der Waals surface area contributed by atoms with E-state index in [1.54, 1.807) is 48.5 Å². The van der Waals surface area contributed by atoms with E-state index in [4.69, 9.17) is 9.57 Å². The van der Waals surface area contributed by atoms with Crippen molar-refractivity contribution >= 4 is 28.6 Å². The maximum absolute atomic E-state index is 12.9. The number of carbonyl (C=O) groups is 3. The van der Waals surface area contributed by atoms with Crippen molar-refractivity contribution < 1.29 is 24.0 Å². The number of carbonyl (C=O) groups excluding carboxylic acids is 3. The van der Waals surface area contributed by atoms with Gasteiger partial charge in [-0.1, -0.05) is 53.6 Å². The Kier molecular flexibility index (Phi) is 4.45. The van der Waals surface area contributed by atoms with Gasteiger partial charge in [-0.05, 0) is 47.9 Å². The van der Waals surface area contributed by atoms with Crippen LogP contribution in [-0.4, -0.2) is 22.8 Å². The Morgan fingerprint density at radius 3 is 1.97 bits per heavy atom. The van der Waals surface area contributed by atoms with Gasteiger partial charge in [0.1, 0.15) is 11.5 Å². The molecule has 0 atom stereocenters. The zero-order valence-corrected chi connectivity index (χ0v) is 16.1. The van der Waals surface area contributed by atoms with Crippen molar-refractivity contribution in [2.24, 2.45) is 0 Å². The van der Waals surface area contributed by atoms with Gasteiger partial charge in [0.2, 0.25) is 0 Å². The lowest BCUT2D eigenvalue weighted by atomic mass is 9.95. The number of ether oxygens (including phenoxy) is 1. The molecule has 6 nitrogen and oxygen atoms in total. The zero-order chi connectivity index (χ0) is 21.4. The van der Waals surface area contributed by atoms with Crippen molar-refractivity contribution in [3.05, 3.63) is 108 Å². The van der Waals surface area contributed by atoms with E-state index in [0.29, 0.717) is 33.1 Å². The highest BCUT2D eigenvalue weighted by molar-refractivity contribution is 6.25. The van der Waals surface area contributed by atoms with Gasteiger partial charge in [-0.2, -0.15) is 0 Å². The molecular formula is C25H15NO5. The smallest absolute Gasteiger partial charge is 0.364 e. The van der Waals surface area contributed by atoms with Crippen molar-refractivity contribution in [1.29, 1.82) is 0 Å². The van der Waals surface area contributed by atoms with E-state index in [-0.39, 0.29) is 5.56 Å². The van der Waals surface area contributed by atoms with Crippen LogP contribution in [-0.2, 0) is 4.84 Å². The molecule has 2 amide bonds. The first-order chi connectivity index (χ1) is 15.1. The van der Waals surface area contributed by atoms with Crippen LogP contribution in [0.25, 0.3) is 10.8 Å². The summed E-state index contributed by atoms with van der Waals surface area (Å²) in [5.74, 6) is -1.17. The number of imide groups is 1. The van der Waals surface area contributed by atoms with Gasteiger partial charge in [0.25, 0.3) is 11.8 Å². The average Bonchev–Trinajstić information content (AvgIpc) is 2.81. The molecule has 0 saturated carbocycles. The molecule has 5 rings (SSSR count). The molecule has 1 aliphatic heterocycles. The van der Waals surface area contributed by atoms with Crippen LogP contribution in [0.4, 0.5) is 0 Å². The summed E-state index contributed by atoms with van der Waals surface area (Å²) in [7, 11) is 0. The van der Waals surface area contributed by atoms with Crippen molar-refractivity contribution in [1.82, 2.24) is 5.06 Å². The highest BCUT2D eigenvalue weighted by Gasteiger charge is 2.36. The number of hydrogen-bond donors (Lipinski definition) is 0. The minimum Gasteiger partial charge on any atom is -0.457 e. The van der Waals surface area contributed by atoms with E-state index in [2.05, 4.69) is 0 Å². The molecule has 1 heterocycles. The van der Waals surface area contributed by atoms with Crippen LogP contribution in [0.5, 0.6) is 11.5 Å². The second-order valence-corrected chi connectivity index (χ2v) is 6.94. The van der Waals surface area contributed by atoms with Gasteiger partial charge in [-0.3, -0.25) is 9.59 Å². The van der Waals surface area contributed by atoms with Crippen molar-refractivity contribution in [3.63, 3.8) is 0 Å². The molecule has 0 saturated heterocycles. The molecule has 4 aromatic rings. The number of para-hydroxylation sites is 1. The molecule has 0 radical (unpaired) electrons. The molecule has 0 N–H and O–H groups in total. The minimum atomic E-state index is -0.841. The second kappa shape index (κ2) is 7.42. The van der Waals surface area contributed by atoms with Gasteiger partial charge in [0, 0.05) is 5.39 Å². The summed E-state index contributed by atoms with van der Waals surface area (Å²) >= 11 is 0. The summed E-state index contributed by atoms with van der Waals surface area (Å²) < 4.78 is 5.73. The summed E-state index contributed by atoms with van der Waals surface area (Å²) in [6.07, 6.45) is 0. The molecule has 31 heavy (non-hydrogen) atoms. The monoisotopic (exact) mass is 409 g/mol. The van der Waals surface area contributed by atoms with E-state index in [1.165, 1.54) is 12.1 Å². The van der Waals surface area contributed by atoms with Gasteiger partial charge in [-0.15, -0.1) is 0 Å². The van der Waals surface area contributed by atoms with Crippen molar-refractivity contribution in [2.75, 3.05) is 0 Å². The number of amides is 2. The molecule has 0 spiro atoms. The van der Waals surface area contributed by atoms with Crippen LogP contribution in [0.1, 0.15) is 31.1 Å². The third-order valence-corrected chi connectivity index (χ3v) is 4.96. The molecule has 0 fully saturated rings. The Labute approximate surface area is 177 Å². The minimum absolute atomic E-state index is 0.145. The Hall–Kier alpha value is -4.45. The Bertz CT molecular complexity index is 1300. The summed E-state index contributed by atoms with van der Waals surface area (Å²) in [6.45, 7) is 0. The largest absolute Gasteiger partial charge is 0.457 e.